The number of benzene rings is 1. The molecular formula is C22H28FN5S. The van der Waals surface area contributed by atoms with E-state index < -0.39 is 0 Å². The van der Waals surface area contributed by atoms with Gasteiger partial charge in [-0.3, -0.25) is 0 Å². The highest BCUT2D eigenvalue weighted by atomic mass is 32.2. The summed E-state index contributed by atoms with van der Waals surface area (Å²) in [6.07, 6.45) is 4.23. The number of rotatable bonds is 6. The summed E-state index contributed by atoms with van der Waals surface area (Å²) in [4.78, 5) is 4.64. The fourth-order valence-electron chi connectivity index (χ4n) is 3.68. The van der Waals surface area contributed by atoms with Crippen LogP contribution in [0.1, 0.15) is 49.4 Å². The number of piperidine rings is 1. The van der Waals surface area contributed by atoms with Gasteiger partial charge in [0.2, 0.25) is 0 Å². The van der Waals surface area contributed by atoms with Crippen LogP contribution in [0.3, 0.4) is 0 Å². The monoisotopic (exact) mass is 413 g/mol. The molecule has 0 amide bonds. The van der Waals surface area contributed by atoms with E-state index in [4.69, 9.17) is 5.10 Å². The zero-order valence-electron chi connectivity index (χ0n) is 17.2. The van der Waals surface area contributed by atoms with Crippen LogP contribution < -0.4 is 10.6 Å². The Morgan fingerprint density at radius 3 is 2.79 bits per heavy atom. The first-order valence-corrected chi connectivity index (χ1v) is 11.1. The number of hydrogen-bond acceptors (Lipinski definition) is 5. The van der Waals surface area contributed by atoms with Crippen LogP contribution in [0, 0.1) is 12.7 Å². The first-order chi connectivity index (χ1) is 14.0. The van der Waals surface area contributed by atoms with Gasteiger partial charge in [-0.15, -0.1) is 11.8 Å². The molecule has 4 rings (SSSR count). The average molecular weight is 414 g/mol. The molecule has 0 bridgehead atoms. The molecule has 3 heterocycles. The van der Waals surface area contributed by atoms with E-state index in [2.05, 4.69) is 35.5 Å². The number of halogens is 1. The van der Waals surface area contributed by atoms with E-state index in [0.29, 0.717) is 17.7 Å². The number of aromatic nitrogens is 3. The second kappa shape index (κ2) is 8.71. The minimum Gasteiger partial charge on any atom is -0.378 e. The third-order valence-corrected chi connectivity index (χ3v) is 6.66. The molecule has 0 atom stereocenters. The van der Waals surface area contributed by atoms with Crippen LogP contribution in [0.4, 0.5) is 10.1 Å². The Bertz CT molecular complexity index is 994. The quantitative estimate of drug-likeness (QED) is 0.610. The van der Waals surface area contributed by atoms with Gasteiger partial charge in [0, 0.05) is 11.8 Å². The van der Waals surface area contributed by atoms with Crippen LogP contribution in [0.2, 0.25) is 0 Å². The third kappa shape index (κ3) is 4.56. The van der Waals surface area contributed by atoms with Crippen molar-refractivity contribution in [1.82, 2.24) is 19.9 Å². The number of hydrogen-bond donors (Lipinski definition) is 2. The number of anilines is 1. The van der Waals surface area contributed by atoms with Gasteiger partial charge in [0.15, 0.2) is 5.65 Å². The van der Waals surface area contributed by atoms with Gasteiger partial charge in [0.1, 0.15) is 10.8 Å². The predicted molar refractivity (Wildman–Crippen MR) is 117 cm³/mol. The summed E-state index contributed by atoms with van der Waals surface area (Å²) in [6, 6.07) is 7.03. The minimum absolute atomic E-state index is 0.201. The fourth-order valence-corrected chi connectivity index (χ4v) is 4.80. The molecule has 2 N–H and O–H groups in total. The molecule has 1 saturated heterocycles. The SMILES string of the molecule is Cc1cc(F)ccc1CNc1cc(SC2CCNCC2)nn2c(C(C)C)cnc12. The van der Waals surface area contributed by atoms with Crippen molar-refractivity contribution < 1.29 is 4.39 Å². The molecule has 29 heavy (non-hydrogen) atoms. The molecular weight excluding hydrogens is 385 g/mol. The third-order valence-electron chi connectivity index (χ3n) is 5.41. The van der Waals surface area contributed by atoms with E-state index in [-0.39, 0.29) is 5.82 Å². The smallest absolute Gasteiger partial charge is 0.177 e. The largest absolute Gasteiger partial charge is 0.378 e. The van der Waals surface area contributed by atoms with Crippen molar-refractivity contribution in [2.45, 2.75) is 56.4 Å². The molecule has 0 radical (unpaired) electrons. The Morgan fingerprint density at radius 1 is 1.28 bits per heavy atom. The number of nitrogens with one attached hydrogen (secondary N) is 2. The average Bonchev–Trinajstić information content (AvgIpc) is 3.12. The van der Waals surface area contributed by atoms with Gasteiger partial charge < -0.3 is 10.6 Å². The highest BCUT2D eigenvalue weighted by Gasteiger charge is 2.18. The fraction of sp³-hybridized carbons (Fsp3) is 0.455. The highest BCUT2D eigenvalue weighted by molar-refractivity contribution is 7.99. The maximum absolute atomic E-state index is 13.4. The number of aryl methyl sites for hydroxylation is 1. The Kier molecular flexibility index (Phi) is 6.06. The van der Waals surface area contributed by atoms with Crippen molar-refractivity contribution in [3.63, 3.8) is 0 Å². The summed E-state index contributed by atoms with van der Waals surface area (Å²) in [7, 11) is 0. The van der Waals surface area contributed by atoms with Gasteiger partial charge in [0.05, 0.1) is 17.6 Å². The Hall–Kier alpha value is -2.12. The minimum atomic E-state index is -0.201. The van der Waals surface area contributed by atoms with Gasteiger partial charge in [0.25, 0.3) is 0 Å². The molecule has 154 valence electrons. The lowest BCUT2D eigenvalue weighted by atomic mass is 10.1. The molecule has 7 heteroatoms. The summed E-state index contributed by atoms with van der Waals surface area (Å²) in [5, 5.41) is 13.4. The van der Waals surface area contributed by atoms with Crippen LogP contribution in [-0.4, -0.2) is 32.9 Å². The Labute approximate surface area is 175 Å². The van der Waals surface area contributed by atoms with Gasteiger partial charge in [-0.2, -0.15) is 5.10 Å². The number of nitrogens with zero attached hydrogens (tertiary/aromatic N) is 3. The molecule has 1 fully saturated rings. The van der Waals surface area contributed by atoms with E-state index in [9.17, 15) is 4.39 Å². The lowest BCUT2D eigenvalue weighted by molar-refractivity contribution is 0.531. The van der Waals surface area contributed by atoms with E-state index in [1.807, 2.05) is 35.5 Å². The Morgan fingerprint density at radius 2 is 2.07 bits per heavy atom. The molecule has 1 aromatic carbocycles. The van der Waals surface area contributed by atoms with Gasteiger partial charge in [-0.25, -0.2) is 13.9 Å². The molecule has 0 aliphatic carbocycles. The highest BCUT2D eigenvalue weighted by Crippen LogP contribution is 2.31. The lowest BCUT2D eigenvalue weighted by Gasteiger charge is -2.22. The van der Waals surface area contributed by atoms with E-state index >= 15 is 0 Å². The molecule has 1 aliphatic heterocycles. The zero-order valence-corrected chi connectivity index (χ0v) is 18.0. The summed E-state index contributed by atoms with van der Waals surface area (Å²) in [6.45, 7) is 9.01. The van der Waals surface area contributed by atoms with Crippen LogP contribution in [0.5, 0.6) is 0 Å². The van der Waals surface area contributed by atoms with Gasteiger partial charge in [-0.05, 0) is 68.1 Å². The predicted octanol–water partition coefficient (Wildman–Crippen LogP) is 4.76. The van der Waals surface area contributed by atoms with Crippen molar-refractivity contribution in [2.24, 2.45) is 0 Å². The first-order valence-electron chi connectivity index (χ1n) is 10.3. The van der Waals surface area contributed by atoms with Crippen molar-refractivity contribution >= 4 is 23.1 Å². The van der Waals surface area contributed by atoms with Crippen LogP contribution in [-0.2, 0) is 6.54 Å². The molecule has 0 spiro atoms. The molecule has 0 unspecified atom stereocenters. The number of thioether (sulfide) groups is 1. The van der Waals surface area contributed by atoms with Crippen molar-refractivity contribution in [3.05, 3.63) is 53.1 Å². The summed E-state index contributed by atoms with van der Waals surface area (Å²) in [5.74, 6) is 0.136. The van der Waals surface area contributed by atoms with Gasteiger partial charge >= 0.3 is 0 Å². The maximum atomic E-state index is 13.4. The topological polar surface area (TPSA) is 54.2 Å². The molecule has 0 saturated carbocycles. The maximum Gasteiger partial charge on any atom is 0.177 e. The van der Waals surface area contributed by atoms with Crippen LogP contribution in [0.15, 0.2) is 35.5 Å². The van der Waals surface area contributed by atoms with E-state index in [0.717, 1.165) is 59.1 Å². The summed E-state index contributed by atoms with van der Waals surface area (Å²) < 4.78 is 15.4. The second-order valence-corrected chi connectivity index (χ2v) is 9.28. The summed E-state index contributed by atoms with van der Waals surface area (Å²) >= 11 is 1.85. The summed E-state index contributed by atoms with van der Waals surface area (Å²) in [5.41, 5.74) is 4.92. The normalized spacial score (nSPS) is 15.3. The lowest BCUT2D eigenvalue weighted by Crippen LogP contribution is -2.29. The number of imidazole rings is 1. The zero-order chi connectivity index (χ0) is 20.4. The molecule has 5 nitrogen and oxygen atoms in total. The molecule has 2 aromatic heterocycles. The first kappa shape index (κ1) is 20.2. The van der Waals surface area contributed by atoms with Crippen molar-refractivity contribution in [1.29, 1.82) is 0 Å². The molecule has 1 aliphatic rings. The van der Waals surface area contributed by atoms with E-state index in [1.54, 1.807) is 6.07 Å². The van der Waals surface area contributed by atoms with Crippen molar-refractivity contribution in [3.8, 4) is 0 Å². The van der Waals surface area contributed by atoms with Crippen molar-refractivity contribution in [2.75, 3.05) is 18.4 Å². The van der Waals surface area contributed by atoms with Crippen LogP contribution in [0.25, 0.3) is 5.65 Å². The van der Waals surface area contributed by atoms with Crippen LogP contribution >= 0.6 is 11.8 Å². The number of fused-ring (bicyclic) bond motifs is 1. The standard InChI is InChI=1S/C22H28FN5S/c1-14(2)20-13-26-22-19(25-12-16-4-5-17(23)10-15(16)3)11-21(27-28(20)22)29-18-6-8-24-9-7-18/h4-5,10-11,13-14,18,24-25H,6-9,12H2,1-3H3. The molecule has 3 aromatic rings. The second-order valence-electron chi connectivity index (χ2n) is 7.96. The van der Waals surface area contributed by atoms with Gasteiger partial charge in [-0.1, -0.05) is 19.9 Å². The Balaban J connectivity index is 1.65. The van der Waals surface area contributed by atoms with E-state index in [1.165, 1.54) is 6.07 Å².